The molecule has 0 aromatic heterocycles. The van der Waals surface area contributed by atoms with Gasteiger partial charge in [-0.3, -0.25) is 4.79 Å². The van der Waals surface area contributed by atoms with E-state index >= 15 is 4.79 Å². The quantitative estimate of drug-likeness (QED) is 0.0365. The number of ether oxygens (including phenoxy) is 12. The lowest BCUT2D eigenvalue weighted by atomic mass is 9.33. The lowest BCUT2D eigenvalue weighted by Crippen LogP contribution is -2.71. The molecule has 6 heterocycles. The number of rotatable bonds is 17. The molecule has 96 heavy (non-hydrogen) atoms. The summed E-state index contributed by atoms with van der Waals surface area (Å²) >= 11 is 0. The van der Waals surface area contributed by atoms with Crippen molar-refractivity contribution in [2.24, 2.45) is 50.2 Å². The summed E-state index contributed by atoms with van der Waals surface area (Å²) in [4.78, 5) is 15.5. The van der Waals surface area contributed by atoms with E-state index in [-0.39, 0.29) is 30.6 Å². The maximum absolute atomic E-state index is 15.5. The van der Waals surface area contributed by atoms with Crippen molar-refractivity contribution in [3.8, 4) is 0 Å². The number of carbonyl (C=O) groups is 1. The molecule has 33 nitrogen and oxygen atoms in total. The van der Waals surface area contributed by atoms with Gasteiger partial charge in [0.2, 0.25) is 6.29 Å². The van der Waals surface area contributed by atoms with Gasteiger partial charge < -0.3 is 159 Å². The normalized spacial score (nSPS) is 54.0. The van der Waals surface area contributed by atoms with Crippen molar-refractivity contribution in [3.05, 3.63) is 11.6 Å². The highest BCUT2D eigenvalue weighted by Crippen LogP contribution is 2.76. The minimum absolute atomic E-state index is 0.0176. The number of hydrogen-bond acceptors (Lipinski definition) is 33. The van der Waals surface area contributed by atoms with Gasteiger partial charge in [-0.2, -0.15) is 0 Å². The molecule has 6 saturated heterocycles. The third kappa shape index (κ3) is 12.4. The highest BCUT2D eigenvalue weighted by Gasteiger charge is 2.74. The van der Waals surface area contributed by atoms with Gasteiger partial charge in [0, 0.05) is 5.41 Å². The molecule has 0 aromatic carbocycles. The van der Waals surface area contributed by atoms with Crippen LogP contribution in [0.5, 0.6) is 0 Å². The van der Waals surface area contributed by atoms with Crippen molar-refractivity contribution < 1.29 is 164 Å². The summed E-state index contributed by atoms with van der Waals surface area (Å²) < 4.78 is 70.1. The first kappa shape index (κ1) is 75.1. The van der Waals surface area contributed by atoms with Crippen molar-refractivity contribution in [3.63, 3.8) is 0 Å². The van der Waals surface area contributed by atoms with Crippen LogP contribution >= 0.6 is 0 Å². The topological polar surface area (TPSA) is 532 Å². The minimum atomic E-state index is -2.09. The molecule has 6 aliphatic heterocycles. The van der Waals surface area contributed by atoms with Crippen LogP contribution in [0.2, 0.25) is 0 Å². The number of aliphatic hydroxyl groups excluding tert-OH is 19. The van der Waals surface area contributed by atoms with Crippen LogP contribution in [-0.2, 0) is 61.6 Å². The molecule has 0 amide bonds. The van der Waals surface area contributed by atoms with E-state index in [1.807, 2.05) is 6.92 Å². The lowest BCUT2D eigenvalue weighted by Gasteiger charge is -2.72. The lowest BCUT2D eigenvalue weighted by molar-refractivity contribution is -0.372. The molecule has 36 atom stereocenters. The highest BCUT2D eigenvalue weighted by atomic mass is 16.8. The van der Waals surface area contributed by atoms with Gasteiger partial charge in [-0.15, -0.1) is 0 Å². The molecule has 0 spiro atoms. The summed E-state index contributed by atoms with van der Waals surface area (Å²) in [5.74, 6) is -2.50. The fraction of sp³-hybridized carbons (Fsp3) is 0.952. The van der Waals surface area contributed by atoms with E-state index in [1.165, 1.54) is 6.92 Å². The number of fused-ring (bicyclic) bond motifs is 7. The maximum Gasteiger partial charge on any atom is 0.317 e. The third-order valence-corrected chi connectivity index (χ3v) is 24.7. The Kier molecular flexibility index (Phi) is 21.8. The number of hydrogen-bond donors (Lipinski definition) is 20. The Morgan fingerprint density at radius 1 is 0.552 bits per heavy atom. The zero-order chi connectivity index (χ0) is 70.1. The zero-order valence-electron chi connectivity index (χ0n) is 54.5. The fourth-order valence-corrected chi connectivity index (χ4v) is 18.8. The van der Waals surface area contributed by atoms with E-state index in [0.717, 1.165) is 5.57 Å². The zero-order valence-corrected chi connectivity index (χ0v) is 54.5. The van der Waals surface area contributed by atoms with Gasteiger partial charge in [-0.25, -0.2) is 0 Å². The Balaban J connectivity index is 0.793. The molecule has 10 fully saturated rings. The molecular weight excluding hydrogens is 1280 g/mol. The largest absolute Gasteiger partial charge is 0.432 e. The first-order valence-electron chi connectivity index (χ1n) is 33.4. The number of carbonyl (C=O) groups excluding carboxylic acids is 1. The van der Waals surface area contributed by atoms with Crippen molar-refractivity contribution in [2.75, 3.05) is 52.9 Å². The van der Waals surface area contributed by atoms with Crippen LogP contribution in [0.1, 0.15) is 92.9 Å². The summed E-state index contributed by atoms with van der Waals surface area (Å²) in [5.41, 5.74) is -7.34. The Morgan fingerprint density at radius 3 is 1.81 bits per heavy atom. The van der Waals surface area contributed by atoms with Crippen LogP contribution in [0.3, 0.4) is 0 Å². The van der Waals surface area contributed by atoms with E-state index in [1.54, 1.807) is 0 Å². The summed E-state index contributed by atoms with van der Waals surface area (Å²) in [6.45, 7) is 6.34. The molecule has 552 valence electrons. The number of esters is 1. The summed E-state index contributed by atoms with van der Waals surface area (Å²) in [6, 6.07) is 0. The van der Waals surface area contributed by atoms with Gasteiger partial charge in [0.1, 0.15) is 115 Å². The van der Waals surface area contributed by atoms with E-state index in [9.17, 15) is 102 Å². The molecular formula is C63H102O33. The van der Waals surface area contributed by atoms with Crippen LogP contribution in [0.15, 0.2) is 11.6 Å². The summed E-state index contributed by atoms with van der Waals surface area (Å²) in [7, 11) is 0. The average molecular weight is 1390 g/mol. The van der Waals surface area contributed by atoms with Crippen molar-refractivity contribution in [1.82, 2.24) is 0 Å². The van der Waals surface area contributed by atoms with Crippen LogP contribution in [0.25, 0.3) is 0 Å². The van der Waals surface area contributed by atoms with Gasteiger partial charge in [0.15, 0.2) is 37.6 Å². The van der Waals surface area contributed by atoms with Crippen LogP contribution in [0, 0.1) is 50.2 Å². The summed E-state index contributed by atoms with van der Waals surface area (Å²) in [5, 5.41) is 221. The Bertz CT molecular complexity index is 2710. The molecule has 33 heteroatoms. The first-order chi connectivity index (χ1) is 45.1. The molecule has 0 aromatic rings. The van der Waals surface area contributed by atoms with Gasteiger partial charge in [-0.1, -0.05) is 46.3 Å². The van der Waals surface area contributed by atoms with E-state index in [0.29, 0.717) is 32.1 Å². The Hall–Kier alpha value is -2.03. The van der Waals surface area contributed by atoms with E-state index in [4.69, 9.17) is 56.8 Å². The van der Waals surface area contributed by atoms with Crippen molar-refractivity contribution >= 4 is 5.97 Å². The minimum Gasteiger partial charge on any atom is -0.432 e. The Morgan fingerprint density at radius 2 is 1.16 bits per heavy atom. The van der Waals surface area contributed by atoms with Gasteiger partial charge in [-0.05, 0) is 97.7 Å². The smallest absolute Gasteiger partial charge is 0.317 e. The average Bonchev–Trinajstić information content (AvgIpc) is 1.24. The van der Waals surface area contributed by atoms with E-state index < -0.39 is 275 Å². The van der Waals surface area contributed by atoms with Gasteiger partial charge >= 0.3 is 5.97 Å². The molecule has 4 saturated carbocycles. The predicted octanol–water partition coefficient (Wildman–Crippen LogP) is -7.55. The monoisotopic (exact) mass is 1390 g/mol. The maximum atomic E-state index is 15.5. The second-order valence-corrected chi connectivity index (χ2v) is 30.7. The van der Waals surface area contributed by atoms with Gasteiger partial charge in [0.25, 0.3) is 0 Å². The molecule has 5 aliphatic carbocycles. The van der Waals surface area contributed by atoms with Gasteiger partial charge in [0.05, 0.1) is 77.3 Å². The first-order valence-corrected chi connectivity index (χ1v) is 33.4. The number of aliphatic hydroxyl groups is 20. The molecule has 11 aliphatic rings. The Labute approximate surface area is 553 Å². The number of allylic oxidation sites excluding steroid dienone is 2. The molecule has 36 unspecified atom stereocenters. The molecule has 11 rings (SSSR count). The SMILES string of the molecule is CC1OC(OC2C(OC(=O)C34CCC(C)(C)CC3C3=CCC5C6(C)CC(O)C(OC7OC(COC8OC(CO)C(O)C(O)C8O)C(O)C(O)C7O)C(CO)(CO)C6CCC5(C)C3(C)CC4O)OCC(O)C2O)C(O)C(O)C1OC1OCC(O)C(OC2OCC(O)(CO)C2O)C1O. The molecule has 0 radical (unpaired) electrons. The standard InChI is InChI=1S/C63H102O33/c1-24-45(92-51-44(81)46(29(70)18-85-51)93-55-48(82)62(84,22-67)23-88-55)40(77)43(80)52(89-24)94-47-35(72)28(69)17-86-54(47)96-56(83)63-12-11-57(2,3)13-26(63)25-7-8-32-58(4)14-27(68)49(61(20-65,21-66)33(58)9-10-59(32,5)60(25,6)15-34(63)71)95-53-42(79)39(76)37(74)31(91-53)19-87-50-41(78)38(75)36(73)30(16-64)90-50/h7,24,26-55,64-82,84H,8-23H2,1-6H3. The molecule has 0 bridgehead atoms. The third-order valence-electron chi connectivity index (χ3n) is 24.7. The fourth-order valence-electron chi connectivity index (χ4n) is 18.8. The van der Waals surface area contributed by atoms with Crippen LogP contribution < -0.4 is 0 Å². The van der Waals surface area contributed by atoms with Crippen LogP contribution in [0.4, 0.5) is 0 Å². The second-order valence-electron chi connectivity index (χ2n) is 30.7. The van der Waals surface area contributed by atoms with Crippen molar-refractivity contribution in [1.29, 1.82) is 0 Å². The second kappa shape index (κ2) is 27.9. The van der Waals surface area contributed by atoms with E-state index in [2.05, 4.69) is 33.8 Å². The van der Waals surface area contributed by atoms with Crippen molar-refractivity contribution in [2.45, 2.75) is 271 Å². The molecule has 20 N–H and O–H groups in total. The van der Waals surface area contributed by atoms with Crippen LogP contribution in [-0.4, -0.2) is 339 Å². The predicted molar refractivity (Wildman–Crippen MR) is 314 cm³/mol. The highest BCUT2D eigenvalue weighted by molar-refractivity contribution is 5.80. The summed E-state index contributed by atoms with van der Waals surface area (Å²) in [6.07, 6.45) is -43.1.